The molecule has 2 aromatic rings. The van der Waals surface area contributed by atoms with Crippen molar-refractivity contribution < 1.29 is 0 Å². The van der Waals surface area contributed by atoms with Crippen LogP contribution in [0, 0.1) is 5.92 Å². The Hall–Kier alpha value is -1.14. The first-order valence-corrected chi connectivity index (χ1v) is 7.43. The summed E-state index contributed by atoms with van der Waals surface area (Å²) in [5, 5.41) is 4.55. The second kappa shape index (κ2) is 5.09. The van der Waals surface area contributed by atoms with Crippen molar-refractivity contribution in [2.24, 2.45) is 11.7 Å². The van der Waals surface area contributed by atoms with Crippen molar-refractivity contribution in [1.29, 1.82) is 0 Å². The molecule has 6 heteroatoms. The zero-order valence-corrected chi connectivity index (χ0v) is 12.5. The Labute approximate surface area is 120 Å². The van der Waals surface area contributed by atoms with E-state index in [9.17, 15) is 0 Å². The van der Waals surface area contributed by atoms with Gasteiger partial charge in [0.1, 0.15) is 0 Å². The van der Waals surface area contributed by atoms with Gasteiger partial charge in [-0.25, -0.2) is 4.52 Å². The topological polar surface area (TPSA) is 59.5 Å². The molecule has 3 rings (SSSR count). The van der Waals surface area contributed by atoms with E-state index < -0.39 is 0 Å². The number of pyridine rings is 1. The number of hydrogen-bond acceptors (Lipinski definition) is 4. The van der Waals surface area contributed by atoms with Crippen LogP contribution in [-0.4, -0.2) is 34.2 Å². The molecule has 2 heterocycles. The number of rotatable bonds is 3. The summed E-state index contributed by atoms with van der Waals surface area (Å²) >= 11 is 3.45. The molecular formula is C13H18BrN5. The van der Waals surface area contributed by atoms with Crippen LogP contribution in [0.4, 0.5) is 5.95 Å². The Morgan fingerprint density at radius 3 is 3.11 bits per heavy atom. The molecule has 2 aromatic heterocycles. The maximum atomic E-state index is 5.86. The molecule has 1 fully saturated rings. The molecule has 0 bridgehead atoms. The normalized spacial score (nSPS) is 23.1. The lowest BCUT2D eigenvalue weighted by atomic mass is 10.0. The molecule has 0 amide bonds. The summed E-state index contributed by atoms with van der Waals surface area (Å²) in [6.07, 6.45) is 5.56. The molecule has 0 saturated heterocycles. The molecule has 2 N–H and O–H groups in total. The maximum absolute atomic E-state index is 5.86. The van der Waals surface area contributed by atoms with Gasteiger partial charge < -0.3 is 10.6 Å². The molecule has 1 aliphatic rings. The van der Waals surface area contributed by atoms with Crippen molar-refractivity contribution in [3.8, 4) is 0 Å². The smallest absolute Gasteiger partial charge is 0.245 e. The van der Waals surface area contributed by atoms with E-state index in [0.717, 1.165) is 22.6 Å². The molecule has 0 aromatic carbocycles. The van der Waals surface area contributed by atoms with Gasteiger partial charge >= 0.3 is 0 Å². The lowest BCUT2D eigenvalue weighted by molar-refractivity contribution is 0.469. The number of hydrogen-bond donors (Lipinski definition) is 1. The summed E-state index contributed by atoms with van der Waals surface area (Å²) in [6.45, 7) is 0.744. The van der Waals surface area contributed by atoms with Crippen LogP contribution >= 0.6 is 15.9 Å². The molecule has 19 heavy (non-hydrogen) atoms. The van der Waals surface area contributed by atoms with E-state index in [2.05, 4.69) is 38.0 Å². The Balaban J connectivity index is 1.90. The Morgan fingerprint density at radius 2 is 2.32 bits per heavy atom. The predicted molar refractivity (Wildman–Crippen MR) is 79.3 cm³/mol. The van der Waals surface area contributed by atoms with Gasteiger partial charge in [0.05, 0.1) is 0 Å². The fraction of sp³-hybridized carbons (Fsp3) is 0.538. The largest absolute Gasteiger partial charge is 0.339 e. The minimum atomic E-state index is 0.464. The van der Waals surface area contributed by atoms with Crippen LogP contribution in [0.25, 0.3) is 5.65 Å². The molecule has 2 unspecified atom stereocenters. The average Bonchev–Trinajstić information content (AvgIpc) is 3.03. The van der Waals surface area contributed by atoms with E-state index in [1.807, 2.05) is 22.8 Å². The first-order valence-electron chi connectivity index (χ1n) is 6.64. The lowest BCUT2D eigenvalue weighted by Gasteiger charge is -2.27. The van der Waals surface area contributed by atoms with Crippen molar-refractivity contribution in [2.45, 2.75) is 25.3 Å². The van der Waals surface area contributed by atoms with Gasteiger partial charge in [-0.1, -0.05) is 6.42 Å². The summed E-state index contributed by atoms with van der Waals surface area (Å²) in [4.78, 5) is 6.77. The fourth-order valence-corrected chi connectivity index (χ4v) is 3.27. The molecule has 102 valence electrons. The zero-order chi connectivity index (χ0) is 13.4. The van der Waals surface area contributed by atoms with Gasteiger partial charge in [0.2, 0.25) is 5.95 Å². The number of anilines is 1. The van der Waals surface area contributed by atoms with Gasteiger partial charge in [0.25, 0.3) is 0 Å². The monoisotopic (exact) mass is 323 g/mol. The van der Waals surface area contributed by atoms with E-state index in [-0.39, 0.29) is 0 Å². The van der Waals surface area contributed by atoms with Gasteiger partial charge in [-0.15, -0.1) is 5.10 Å². The molecule has 0 aliphatic heterocycles. The lowest BCUT2D eigenvalue weighted by Crippen LogP contribution is -2.38. The van der Waals surface area contributed by atoms with Crippen LogP contribution < -0.4 is 10.6 Å². The number of fused-ring (bicyclic) bond motifs is 1. The molecule has 5 nitrogen and oxygen atoms in total. The standard InChI is InChI=1S/C13H18BrN5/c1-18(11-4-2-3-9(11)7-15)13-16-12-6-5-10(14)8-19(12)17-13/h5-6,8-9,11H,2-4,7,15H2,1H3. The first-order chi connectivity index (χ1) is 9.19. The van der Waals surface area contributed by atoms with E-state index >= 15 is 0 Å². The highest BCUT2D eigenvalue weighted by atomic mass is 79.9. The molecule has 1 aliphatic carbocycles. The van der Waals surface area contributed by atoms with Crippen molar-refractivity contribution in [2.75, 3.05) is 18.5 Å². The Morgan fingerprint density at radius 1 is 1.47 bits per heavy atom. The zero-order valence-electron chi connectivity index (χ0n) is 11.0. The summed E-state index contributed by atoms with van der Waals surface area (Å²) < 4.78 is 2.81. The van der Waals surface area contributed by atoms with Crippen LogP contribution in [0.2, 0.25) is 0 Å². The van der Waals surface area contributed by atoms with Gasteiger partial charge in [0.15, 0.2) is 5.65 Å². The van der Waals surface area contributed by atoms with Crippen LogP contribution in [0.5, 0.6) is 0 Å². The number of aromatic nitrogens is 3. The van der Waals surface area contributed by atoms with Crippen LogP contribution in [0.15, 0.2) is 22.8 Å². The van der Waals surface area contributed by atoms with Crippen molar-refractivity contribution in [3.63, 3.8) is 0 Å². The minimum Gasteiger partial charge on any atom is -0.339 e. The van der Waals surface area contributed by atoms with Crippen molar-refractivity contribution in [1.82, 2.24) is 14.6 Å². The Kier molecular flexibility index (Phi) is 3.45. The summed E-state index contributed by atoms with van der Waals surface area (Å²) in [6, 6.07) is 4.40. The quantitative estimate of drug-likeness (QED) is 0.939. The van der Waals surface area contributed by atoms with Gasteiger partial charge in [-0.2, -0.15) is 4.98 Å². The highest BCUT2D eigenvalue weighted by Gasteiger charge is 2.31. The van der Waals surface area contributed by atoms with Gasteiger partial charge in [0, 0.05) is 23.8 Å². The van der Waals surface area contributed by atoms with E-state index in [1.165, 1.54) is 19.3 Å². The summed E-state index contributed by atoms with van der Waals surface area (Å²) in [7, 11) is 2.07. The maximum Gasteiger partial charge on any atom is 0.245 e. The van der Waals surface area contributed by atoms with Gasteiger partial charge in [-0.05, 0) is 53.4 Å². The van der Waals surface area contributed by atoms with Gasteiger partial charge in [-0.3, -0.25) is 0 Å². The third-order valence-electron chi connectivity index (χ3n) is 4.02. The number of halogens is 1. The van der Waals surface area contributed by atoms with Crippen molar-refractivity contribution in [3.05, 3.63) is 22.8 Å². The van der Waals surface area contributed by atoms with E-state index in [0.29, 0.717) is 12.0 Å². The minimum absolute atomic E-state index is 0.464. The van der Waals surface area contributed by atoms with Crippen LogP contribution in [-0.2, 0) is 0 Å². The molecule has 0 radical (unpaired) electrons. The van der Waals surface area contributed by atoms with Crippen LogP contribution in [0.1, 0.15) is 19.3 Å². The molecule has 1 saturated carbocycles. The SMILES string of the molecule is CN(c1nc2ccc(Br)cn2n1)C1CCCC1CN. The second-order valence-electron chi connectivity index (χ2n) is 5.17. The summed E-state index contributed by atoms with van der Waals surface area (Å²) in [5.74, 6) is 1.34. The Bertz CT molecular complexity index is 581. The summed E-state index contributed by atoms with van der Waals surface area (Å²) in [5.41, 5.74) is 6.72. The van der Waals surface area contributed by atoms with Crippen molar-refractivity contribution >= 4 is 27.5 Å². The van der Waals surface area contributed by atoms with Crippen LogP contribution in [0.3, 0.4) is 0 Å². The highest BCUT2D eigenvalue weighted by Crippen LogP contribution is 2.30. The third-order valence-corrected chi connectivity index (χ3v) is 4.49. The van der Waals surface area contributed by atoms with E-state index in [1.54, 1.807) is 0 Å². The first kappa shape index (κ1) is 12.9. The van der Waals surface area contributed by atoms with E-state index in [4.69, 9.17) is 5.73 Å². The number of nitrogens with two attached hydrogens (primary N) is 1. The fourth-order valence-electron chi connectivity index (χ4n) is 2.95. The third kappa shape index (κ3) is 2.34. The molecule has 2 atom stereocenters. The molecular weight excluding hydrogens is 306 g/mol. The number of nitrogens with zero attached hydrogens (tertiary/aromatic N) is 4. The average molecular weight is 324 g/mol. The predicted octanol–water partition coefficient (Wildman–Crippen LogP) is 2.06. The highest BCUT2D eigenvalue weighted by molar-refractivity contribution is 9.10. The second-order valence-corrected chi connectivity index (χ2v) is 6.08. The molecule has 0 spiro atoms.